The number of hydrogen-bond donors (Lipinski definition) is 1. The van der Waals surface area contributed by atoms with E-state index in [1.165, 1.54) is 6.20 Å². The Kier molecular flexibility index (Phi) is 6.49. The van der Waals surface area contributed by atoms with Gasteiger partial charge in [-0.3, -0.25) is 14.6 Å². The van der Waals surface area contributed by atoms with Crippen LogP contribution in [0.3, 0.4) is 0 Å². The van der Waals surface area contributed by atoms with E-state index >= 15 is 0 Å². The molecule has 0 bridgehead atoms. The normalized spacial score (nSPS) is 16.6. The average molecular weight is 604 g/mol. The van der Waals surface area contributed by atoms with Crippen LogP contribution in [-0.4, -0.2) is 63.9 Å². The van der Waals surface area contributed by atoms with Crippen LogP contribution >= 0.6 is 23.2 Å². The summed E-state index contributed by atoms with van der Waals surface area (Å²) >= 11 is 12.9. The highest BCUT2D eigenvalue weighted by molar-refractivity contribution is 6.34. The number of carbonyl (C=O) groups excluding carboxylic acids is 2. The molecule has 214 valence electrons. The summed E-state index contributed by atoms with van der Waals surface area (Å²) in [5.74, 6) is -0.0218. The fraction of sp³-hybridized carbons (Fsp3) is 0.290. The third-order valence-corrected chi connectivity index (χ3v) is 8.96. The lowest BCUT2D eigenvalue weighted by Crippen LogP contribution is -2.60. The van der Waals surface area contributed by atoms with Crippen LogP contribution < -0.4 is 10.5 Å². The number of ether oxygens (including phenoxy) is 2. The minimum Gasteiger partial charge on any atom is -0.496 e. The smallest absolute Gasteiger partial charge is 0.275 e. The molecule has 2 fully saturated rings. The molecule has 2 aromatic heterocycles. The Labute approximate surface area is 252 Å². The molecule has 2 aromatic carbocycles. The van der Waals surface area contributed by atoms with Gasteiger partial charge < -0.3 is 20.1 Å². The summed E-state index contributed by atoms with van der Waals surface area (Å²) in [6.45, 7) is 1.78. The summed E-state index contributed by atoms with van der Waals surface area (Å²) in [5, 5.41) is 5.87. The molecule has 9 nitrogen and oxygen atoms in total. The number of primary amides is 1. The van der Waals surface area contributed by atoms with Crippen LogP contribution in [-0.2, 0) is 17.6 Å². The van der Waals surface area contributed by atoms with Gasteiger partial charge in [-0.2, -0.15) is 5.10 Å². The van der Waals surface area contributed by atoms with Crippen LogP contribution in [0.25, 0.3) is 28.1 Å². The monoisotopic (exact) mass is 603 g/mol. The van der Waals surface area contributed by atoms with E-state index in [1.807, 2.05) is 17.0 Å². The average Bonchev–Trinajstić information content (AvgIpc) is 3.59. The van der Waals surface area contributed by atoms with Crippen molar-refractivity contribution in [1.82, 2.24) is 19.7 Å². The Morgan fingerprint density at radius 1 is 1.02 bits per heavy atom. The van der Waals surface area contributed by atoms with Crippen LogP contribution in [0.5, 0.6) is 5.75 Å². The first-order chi connectivity index (χ1) is 20.3. The predicted molar refractivity (Wildman–Crippen MR) is 159 cm³/mol. The SMILES string of the molecule is COc1cc2c(cc1-c1cncc(C(N)=O)c1)-c1c(c(C(=O)N3CCCC34COC4)nn1-c1cc(Cl)cc(Cl)c1)CC2. The lowest BCUT2D eigenvalue weighted by molar-refractivity contribution is -0.109. The van der Waals surface area contributed by atoms with E-state index in [4.69, 9.17) is 43.5 Å². The van der Waals surface area contributed by atoms with Gasteiger partial charge in [-0.25, -0.2) is 4.68 Å². The van der Waals surface area contributed by atoms with Crippen LogP contribution in [0.4, 0.5) is 0 Å². The Morgan fingerprint density at radius 3 is 2.50 bits per heavy atom. The minimum absolute atomic E-state index is 0.0885. The van der Waals surface area contributed by atoms with Crippen molar-refractivity contribution in [3.05, 3.63) is 81.2 Å². The van der Waals surface area contributed by atoms with E-state index in [9.17, 15) is 9.59 Å². The van der Waals surface area contributed by atoms with Gasteiger partial charge in [0.15, 0.2) is 5.69 Å². The van der Waals surface area contributed by atoms with Gasteiger partial charge in [0, 0.05) is 51.2 Å². The molecule has 2 aliphatic heterocycles. The Hall–Kier alpha value is -3.92. The second kappa shape index (κ2) is 10.1. The van der Waals surface area contributed by atoms with Gasteiger partial charge >= 0.3 is 0 Å². The summed E-state index contributed by atoms with van der Waals surface area (Å²) in [6, 6.07) is 10.9. The fourth-order valence-corrected chi connectivity index (χ4v) is 6.94. The Morgan fingerprint density at radius 2 is 1.81 bits per heavy atom. The molecule has 0 radical (unpaired) electrons. The van der Waals surface area contributed by atoms with Crippen molar-refractivity contribution in [2.45, 2.75) is 31.2 Å². The molecular formula is C31H27Cl2N5O4. The molecule has 0 saturated carbocycles. The number of benzene rings is 2. The van der Waals surface area contributed by atoms with Crippen molar-refractivity contribution in [2.24, 2.45) is 5.73 Å². The van der Waals surface area contributed by atoms with Gasteiger partial charge in [-0.05, 0) is 67.6 Å². The zero-order valence-electron chi connectivity index (χ0n) is 22.8. The lowest BCUT2D eigenvalue weighted by atomic mass is 9.85. The summed E-state index contributed by atoms with van der Waals surface area (Å²) in [7, 11) is 1.61. The van der Waals surface area contributed by atoms with Crippen LogP contribution in [0.2, 0.25) is 10.0 Å². The highest BCUT2D eigenvalue weighted by Gasteiger charge is 2.50. The van der Waals surface area contributed by atoms with E-state index in [2.05, 4.69) is 4.98 Å². The van der Waals surface area contributed by atoms with Gasteiger partial charge in [0.25, 0.3) is 5.91 Å². The van der Waals surface area contributed by atoms with Crippen LogP contribution in [0, 0.1) is 0 Å². The number of halogens is 2. The number of nitrogens with two attached hydrogens (primary N) is 1. The molecule has 2 amide bonds. The standard InChI is InChI=1S/C31H27Cl2N5O4/c1-41-26-8-17-3-4-23-27(30(40)37-6-2-5-31(37)15-42-16-31)36-38(22-10-20(32)9-21(33)11-22)28(23)25(17)12-24(26)18-7-19(29(34)39)14-35-13-18/h7-14H,2-6,15-16H2,1H3,(H2,34,39). The summed E-state index contributed by atoms with van der Waals surface area (Å²) in [6.07, 6.45) is 6.27. The molecule has 4 heterocycles. The highest BCUT2D eigenvalue weighted by Crippen LogP contribution is 2.44. The number of aryl methyl sites for hydroxylation is 1. The van der Waals surface area contributed by atoms with E-state index in [1.54, 1.807) is 42.3 Å². The number of aromatic nitrogens is 3. The topological polar surface area (TPSA) is 113 Å². The first kappa shape index (κ1) is 26.9. The van der Waals surface area contributed by atoms with Crippen molar-refractivity contribution >= 4 is 35.0 Å². The van der Waals surface area contributed by atoms with Gasteiger partial charge in [0.2, 0.25) is 5.91 Å². The quantitative estimate of drug-likeness (QED) is 0.339. The molecule has 11 heteroatoms. The fourth-order valence-electron chi connectivity index (χ4n) is 6.43. The van der Waals surface area contributed by atoms with Gasteiger partial charge in [-0.1, -0.05) is 23.2 Å². The van der Waals surface area contributed by atoms with Crippen LogP contribution in [0.15, 0.2) is 48.8 Å². The maximum Gasteiger partial charge on any atom is 0.275 e. The Bertz CT molecular complexity index is 1760. The van der Waals surface area contributed by atoms with Gasteiger partial charge in [-0.15, -0.1) is 0 Å². The number of hydrogen-bond acceptors (Lipinski definition) is 6. The first-order valence-corrected chi connectivity index (χ1v) is 14.5. The second-order valence-electron chi connectivity index (χ2n) is 11.0. The number of rotatable bonds is 5. The number of fused-ring (bicyclic) bond motifs is 3. The lowest BCUT2D eigenvalue weighted by Gasteiger charge is -2.44. The van der Waals surface area contributed by atoms with Gasteiger partial charge in [0.1, 0.15) is 5.75 Å². The molecule has 4 aromatic rings. The molecule has 0 unspecified atom stereocenters. The van der Waals surface area contributed by atoms with Gasteiger partial charge in [0.05, 0.1) is 42.8 Å². The maximum atomic E-state index is 14.2. The number of pyridine rings is 1. The van der Waals surface area contributed by atoms with Crippen molar-refractivity contribution in [2.75, 3.05) is 26.9 Å². The van der Waals surface area contributed by atoms with Crippen molar-refractivity contribution in [3.63, 3.8) is 0 Å². The van der Waals surface area contributed by atoms with E-state index in [0.717, 1.165) is 40.8 Å². The molecule has 42 heavy (non-hydrogen) atoms. The molecule has 3 aliphatic rings. The first-order valence-electron chi connectivity index (χ1n) is 13.7. The van der Waals surface area contributed by atoms with E-state index in [0.29, 0.717) is 70.9 Å². The molecule has 7 rings (SSSR count). The zero-order chi connectivity index (χ0) is 29.2. The van der Waals surface area contributed by atoms with E-state index < -0.39 is 5.91 Å². The predicted octanol–water partition coefficient (Wildman–Crippen LogP) is 5.12. The molecule has 1 aliphatic carbocycles. The largest absolute Gasteiger partial charge is 0.496 e. The molecule has 2 saturated heterocycles. The third-order valence-electron chi connectivity index (χ3n) is 8.52. The van der Waals surface area contributed by atoms with Crippen molar-refractivity contribution in [1.29, 1.82) is 0 Å². The maximum absolute atomic E-state index is 14.2. The number of nitrogens with zero attached hydrogens (tertiary/aromatic N) is 4. The zero-order valence-corrected chi connectivity index (χ0v) is 24.3. The van der Waals surface area contributed by atoms with E-state index in [-0.39, 0.29) is 11.4 Å². The highest BCUT2D eigenvalue weighted by atomic mass is 35.5. The number of likely N-dealkylation sites (tertiary alicyclic amines) is 1. The number of methoxy groups -OCH3 is 1. The van der Waals surface area contributed by atoms with Crippen molar-refractivity contribution in [3.8, 4) is 33.8 Å². The summed E-state index contributed by atoms with van der Waals surface area (Å²) in [5.41, 5.74) is 11.7. The molecular weight excluding hydrogens is 577 g/mol. The third kappa shape index (κ3) is 4.26. The number of amides is 2. The minimum atomic E-state index is -0.570. The van der Waals surface area contributed by atoms with Crippen LogP contribution in [0.1, 0.15) is 44.8 Å². The summed E-state index contributed by atoms with van der Waals surface area (Å²) in [4.78, 5) is 32.3. The van der Waals surface area contributed by atoms with Crippen molar-refractivity contribution < 1.29 is 19.1 Å². The molecule has 0 atom stereocenters. The summed E-state index contributed by atoms with van der Waals surface area (Å²) < 4.78 is 13.1. The second-order valence-corrected chi connectivity index (χ2v) is 11.9. The molecule has 2 N–H and O–H groups in total. The number of carbonyl (C=O) groups is 2. The molecule has 1 spiro atoms. The Balaban J connectivity index is 1.44.